The Kier molecular flexibility index (Phi) is 3.99. The molecule has 0 spiro atoms. The van der Waals surface area contributed by atoms with Gasteiger partial charge >= 0.3 is 12.1 Å². The molecule has 1 N–H and O–H groups in total. The normalized spacial score (nSPS) is 11.8. The van der Waals surface area contributed by atoms with Crippen LogP contribution in [0.15, 0.2) is 12.1 Å². The van der Waals surface area contributed by atoms with E-state index in [1.54, 1.807) is 6.07 Å². The van der Waals surface area contributed by atoms with Crippen LogP contribution < -0.4 is 4.74 Å². The summed E-state index contributed by atoms with van der Waals surface area (Å²) in [7, 11) is 0. The molecule has 0 heterocycles. The number of ether oxygens (including phenoxy) is 1. The zero-order valence-electron chi connectivity index (χ0n) is 11.0. The third-order valence-electron chi connectivity index (χ3n) is 2.55. The van der Waals surface area contributed by atoms with E-state index in [1.807, 2.05) is 0 Å². The van der Waals surface area contributed by atoms with E-state index < -0.39 is 28.9 Å². The van der Waals surface area contributed by atoms with Gasteiger partial charge < -0.3 is 9.84 Å². The van der Waals surface area contributed by atoms with Crippen LogP contribution in [0.3, 0.4) is 0 Å². The van der Waals surface area contributed by atoms with Gasteiger partial charge in [-0.15, -0.1) is 0 Å². The van der Waals surface area contributed by atoms with Gasteiger partial charge in [0.2, 0.25) is 0 Å². The Bertz CT molecular complexity index is 586. The van der Waals surface area contributed by atoms with Crippen LogP contribution in [0, 0.1) is 18.3 Å². The molecule has 1 rings (SSSR count). The van der Waals surface area contributed by atoms with Crippen LogP contribution in [0.25, 0.3) is 0 Å². The van der Waals surface area contributed by atoms with E-state index in [9.17, 15) is 18.0 Å². The lowest BCUT2D eigenvalue weighted by molar-refractivity contribution is -0.137. The molecule has 0 amide bonds. The lowest BCUT2D eigenvalue weighted by Crippen LogP contribution is -2.26. The quantitative estimate of drug-likeness (QED) is 0.925. The van der Waals surface area contributed by atoms with Crippen molar-refractivity contribution in [3.8, 4) is 11.8 Å². The molecule has 0 saturated heterocycles. The average Bonchev–Trinajstić information content (AvgIpc) is 2.29. The van der Waals surface area contributed by atoms with Gasteiger partial charge in [0, 0.05) is 5.56 Å². The van der Waals surface area contributed by atoms with Crippen molar-refractivity contribution in [2.45, 2.75) is 32.5 Å². The largest absolute Gasteiger partial charge is 0.478 e. The highest BCUT2D eigenvalue weighted by molar-refractivity contribution is 5.90. The second-order valence-electron chi connectivity index (χ2n) is 4.67. The molecule has 0 aliphatic rings. The number of carboxylic acid groups (broad SMARTS) is 1. The van der Waals surface area contributed by atoms with Crippen LogP contribution in [-0.4, -0.2) is 16.7 Å². The Morgan fingerprint density at radius 3 is 2.30 bits per heavy atom. The minimum Gasteiger partial charge on any atom is -0.478 e. The number of carbonyl (C=O) groups is 1. The molecule has 0 aliphatic heterocycles. The van der Waals surface area contributed by atoms with Gasteiger partial charge in [-0.05, 0) is 32.9 Å². The third-order valence-corrected chi connectivity index (χ3v) is 2.55. The maximum Gasteiger partial charge on any atom is 0.416 e. The Balaban J connectivity index is 3.48. The summed E-state index contributed by atoms with van der Waals surface area (Å²) in [6.45, 7) is 4.06. The lowest BCUT2D eigenvalue weighted by atomic mass is 10.0. The standard InChI is InChI=1S/C13H12F3NO3/c1-7-9(11(18)19)4-8(13(14,15)16)5-10(7)20-12(2,3)6-17/h4-5H,1-3H3,(H,18,19). The molecule has 20 heavy (non-hydrogen) atoms. The summed E-state index contributed by atoms with van der Waals surface area (Å²) in [6.07, 6.45) is -4.70. The molecule has 0 unspecified atom stereocenters. The van der Waals surface area contributed by atoms with Crippen molar-refractivity contribution >= 4 is 5.97 Å². The fourth-order valence-electron chi connectivity index (χ4n) is 1.48. The topological polar surface area (TPSA) is 70.3 Å². The van der Waals surface area contributed by atoms with Gasteiger partial charge in [-0.3, -0.25) is 0 Å². The number of nitriles is 1. The smallest absolute Gasteiger partial charge is 0.416 e. The third kappa shape index (κ3) is 3.41. The summed E-state index contributed by atoms with van der Waals surface area (Å²) in [6, 6.07) is 3.01. The molecule has 0 bridgehead atoms. The zero-order chi connectivity index (χ0) is 15.7. The molecule has 0 atom stereocenters. The van der Waals surface area contributed by atoms with E-state index in [2.05, 4.69) is 0 Å². The monoisotopic (exact) mass is 287 g/mol. The number of carboxylic acids is 1. The van der Waals surface area contributed by atoms with E-state index in [1.165, 1.54) is 20.8 Å². The van der Waals surface area contributed by atoms with E-state index in [0.717, 1.165) is 0 Å². The first-order chi connectivity index (χ1) is 8.98. The minimum atomic E-state index is -4.70. The molecule has 4 nitrogen and oxygen atoms in total. The Labute approximate surface area is 113 Å². The van der Waals surface area contributed by atoms with Crippen LogP contribution in [0.5, 0.6) is 5.75 Å². The second kappa shape index (κ2) is 5.04. The van der Waals surface area contributed by atoms with Crippen molar-refractivity contribution in [1.29, 1.82) is 5.26 Å². The van der Waals surface area contributed by atoms with Gasteiger partial charge in [-0.25, -0.2) is 4.79 Å². The number of rotatable bonds is 3. The summed E-state index contributed by atoms with van der Waals surface area (Å²) in [5.74, 6) is -1.77. The van der Waals surface area contributed by atoms with Gasteiger partial charge in [0.05, 0.1) is 11.1 Å². The van der Waals surface area contributed by atoms with Crippen LogP contribution in [0.1, 0.15) is 35.3 Å². The molecule has 0 aliphatic carbocycles. The van der Waals surface area contributed by atoms with Crippen LogP contribution in [-0.2, 0) is 6.18 Å². The van der Waals surface area contributed by atoms with Gasteiger partial charge in [-0.2, -0.15) is 18.4 Å². The number of aromatic carboxylic acids is 1. The average molecular weight is 287 g/mol. The van der Waals surface area contributed by atoms with Crippen LogP contribution >= 0.6 is 0 Å². The van der Waals surface area contributed by atoms with E-state index in [-0.39, 0.29) is 11.3 Å². The highest BCUT2D eigenvalue weighted by Crippen LogP contribution is 2.36. The summed E-state index contributed by atoms with van der Waals surface area (Å²) < 4.78 is 43.4. The number of benzene rings is 1. The summed E-state index contributed by atoms with van der Waals surface area (Å²) in [5, 5.41) is 17.8. The fraction of sp³-hybridized carbons (Fsp3) is 0.385. The molecule has 0 saturated carbocycles. The van der Waals surface area contributed by atoms with Crippen molar-refractivity contribution < 1.29 is 27.8 Å². The first-order valence-corrected chi connectivity index (χ1v) is 5.53. The molecule has 1 aromatic rings. The Morgan fingerprint density at radius 2 is 1.90 bits per heavy atom. The summed E-state index contributed by atoms with van der Waals surface area (Å²) in [4.78, 5) is 11.0. The highest BCUT2D eigenvalue weighted by atomic mass is 19.4. The minimum absolute atomic E-state index is 0.0359. The van der Waals surface area contributed by atoms with E-state index in [0.29, 0.717) is 12.1 Å². The highest BCUT2D eigenvalue weighted by Gasteiger charge is 2.34. The molecule has 7 heteroatoms. The molecule has 108 valence electrons. The van der Waals surface area contributed by atoms with E-state index in [4.69, 9.17) is 15.1 Å². The number of nitrogens with zero attached hydrogens (tertiary/aromatic N) is 1. The zero-order valence-corrected chi connectivity index (χ0v) is 11.0. The number of alkyl halides is 3. The van der Waals surface area contributed by atoms with Crippen molar-refractivity contribution in [2.24, 2.45) is 0 Å². The maximum absolute atomic E-state index is 12.7. The first kappa shape index (κ1) is 15.8. The number of hydrogen-bond acceptors (Lipinski definition) is 3. The molecule has 0 radical (unpaired) electrons. The Hall–Kier alpha value is -2.23. The molecule has 0 aromatic heterocycles. The summed E-state index contributed by atoms with van der Waals surface area (Å²) in [5.41, 5.74) is -2.98. The molecule has 1 aromatic carbocycles. The first-order valence-electron chi connectivity index (χ1n) is 5.53. The maximum atomic E-state index is 12.7. The van der Waals surface area contributed by atoms with Gasteiger partial charge in [-0.1, -0.05) is 0 Å². The number of halogens is 3. The second-order valence-corrected chi connectivity index (χ2v) is 4.67. The molecular formula is C13H12F3NO3. The fourth-order valence-corrected chi connectivity index (χ4v) is 1.48. The van der Waals surface area contributed by atoms with E-state index >= 15 is 0 Å². The summed E-state index contributed by atoms with van der Waals surface area (Å²) >= 11 is 0. The van der Waals surface area contributed by atoms with Crippen molar-refractivity contribution in [3.05, 3.63) is 28.8 Å². The van der Waals surface area contributed by atoms with Gasteiger partial charge in [0.1, 0.15) is 11.8 Å². The van der Waals surface area contributed by atoms with Crippen molar-refractivity contribution in [2.75, 3.05) is 0 Å². The molecule has 0 fully saturated rings. The van der Waals surface area contributed by atoms with Gasteiger partial charge in [0.25, 0.3) is 0 Å². The van der Waals surface area contributed by atoms with Crippen molar-refractivity contribution in [3.63, 3.8) is 0 Å². The van der Waals surface area contributed by atoms with Crippen molar-refractivity contribution in [1.82, 2.24) is 0 Å². The number of hydrogen-bond donors (Lipinski definition) is 1. The van der Waals surface area contributed by atoms with Crippen LogP contribution in [0.2, 0.25) is 0 Å². The lowest BCUT2D eigenvalue weighted by Gasteiger charge is -2.22. The SMILES string of the molecule is Cc1c(OC(C)(C)C#N)cc(C(F)(F)F)cc1C(=O)O. The predicted octanol–water partition coefficient (Wildman–Crippen LogP) is 3.39. The molecular weight excluding hydrogens is 275 g/mol. The Morgan fingerprint density at radius 1 is 1.35 bits per heavy atom. The van der Waals surface area contributed by atoms with Gasteiger partial charge in [0.15, 0.2) is 5.60 Å². The van der Waals surface area contributed by atoms with Crippen LogP contribution in [0.4, 0.5) is 13.2 Å². The predicted molar refractivity (Wildman–Crippen MR) is 63.5 cm³/mol.